The summed E-state index contributed by atoms with van der Waals surface area (Å²) < 4.78 is 5.30. The summed E-state index contributed by atoms with van der Waals surface area (Å²) in [4.78, 5) is 6.48. The molecule has 3 heterocycles. The lowest BCUT2D eigenvalue weighted by molar-refractivity contribution is 0.223. The number of pyridine rings is 1. The molecule has 6 nitrogen and oxygen atoms in total. The minimum Gasteiger partial charge on any atom is -0.444 e. The Morgan fingerprint density at radius 2 is 2.40 bits per heavy atom. The first-order chi connectivity index (χ1) is 9.69. The Bertz CT molecular complexity index is 661. The van der Waals surface area contributed by atoms with E-state index < -0.39 is 0 Å². The highest BCUT2D eigenvalue weighted by molar-refractivity contribution is 5.80. The Morgan fingerprint density at radius 1 is 1.55 bits per heavy atom. The van der Waals surface area contributed by atoms with E-state index in [2.05, 4.69) is 15.2 Å². The highest BCUT2D eigenvalue weighted by Crippen LogP contribution is 2.23. The maximum atomic E-state index is 9.40. The van der Waals surface area contributed by atoms with E-state index in [1.54, 1.807) is 12.3 Å². The van der Waals surface area contributed by atoms with E-state index >= 15 is 0 Å². The molecule has 0 radical (unpaired) electrons. The number of hydrogen-bond donors (Lipinski definition) is 2. The van der Waals surface area contributed by atoms with Gasteiger partial charge in [-0.2, -0.15) is 5.26 Å². The number of fused-ring (bicyclic) bond motifs is 1. The molecule has 20 heavy (non-hydrogen) atoms. The maximum absolute atomic E-state index is 9.40. The fourth-order valence-corrected chi connectivity index (χ4v) is 2.71. The van der Waals surface area contributed by atoms with Gasteiger partial charge in [-0.3, -0.25) is 0 Å². The summed E-state index contributed by atoms with van der Waals surface area (Å²) in [5.74, 6) is 1.23. The van der Waals surface area contributed by atoms with Crippen LogP contribution in [-0.4, -0.2) is 47.8 Å². The fraction of sp³-hybridized carbons (Fsp3) is 0.429. The Hall–Kier alpha value is -2.10. The standard InChI is InChI=1S/C14H16N4O2/c1-18-6-10(8-19)12(7-18)17-14-3-9-2-11(4-15)20-13(9)5-16-14/h2-3,5,10,12,19H,6-8H2,1H3,(H,16,17)/t10-,12+/m1/s1. The van der Waals surface area contributed by atoms with Gasteiger partial charge in [0.05, 0.1) is 6.20 Å². The molecule has 2 aromatic rings. The Kier molecular flexibility index (Phi) is 3.30. The molecule has 6 heteroatoms. The predicted molar refractivity (Wildman–Crippen MR) is 74.2 cm³/mol. The molecule has 2 N–H and O–H groups in total. The topological polar surface area (TPSA) is 85.3 Å². The minimum atomic E-state index is 0.161. The molecule has 1 aliphatic rings. The molecule has 0 bridgehead atoms. The predicted octanol–water partition coefficient (Wildman–Crippen LogP) is 1.03. The summed E-state index contributed by atoms with van der Waals surface area (Å²) in [6.07, 6.45) is 1.62. The summed E-state index contributed by atoms with van der Waals surface area (Å²) >= 11 is 0. The van der Waals surface area contributed by atoms with Crippen LogP contribution in [0.25, 0.3) is 11.0 Å². The van der Waals surface area contributed by atoms with E-state index in [1.165, 1.54) is 0 Å². The summed E-state index contributed by atoms with van der Waals surface area (Å²) in [5.41, 5.74) is 0.606. The second-order valence-corrected chi connectivity index (χ2v) is 5.24. The van der Waals surface area contributed by atoms with Gasteiger partial charge in [0.25, 0.3) is 0 Å². The number of aromatic nitrogens is 1. The minimum absolute atomic E-state index is 0.161. The van der Waals surface area contributed by atoms with E-state index in [4.69, 9.17) is 9.68 Å². The van der Waals surface area contributed by atoms with Crippen molar-refractivity contribution in [3.8, 4) is 6.07 Å². The van der Waals surface area contributed by atoms with Crippen LogP contribution in [0.4, 0.5) is 5.82 Å². The van der Waals surface area contributed by atoms with Crippen molar-refractivity contribution in [1.29, 1.82) is 5.26 Å². The van der Waals surface area contributed by atoms with Crippen molar-refractivity contribution in [1.82, 2.24) is 9.88 Å². The summed E-state index contributed by atoms with van der Waals surface area (Å²) in [6.45, 7) is 1.91. The highest BCUT2D eigenvalue weighted by atomic mass is 16.3. The average molecular weight is 272 g/mol. The highest BCUT2D eigenvalue weighted by Gasteiger charge is 2.30. The Balaban J connectivity index is 1.82. The molecule has 1 fully saturated rings. The van der Waals surface area contributed by atoms with Gasteiger partial charge in [0.15, 0.2) is 5.58 Å². The zero-order chi connectivity index (χ0) is 14.1. The molecule has 0 aliphatic carbocycles. The van der Waals surface area contributed by atoms with Gasteiger partial charge in [-0.1, -0.05) is 0 Å². The van der Waals surface area contributed by atoms with Crippen LogP contribution in [0.15, 0.2) is 22.7 Å². The van der Waals surface area contributed by atoms with E-state index in [0.717, 1.165) is 24.3 Å². The molecule has 0 saturated carbocycles. The van der Waals surface area contributed by atoms with Gasteiger partial charge in [0.1, 0.15) is 11.9 Å². The van der Waals surface area contributed by atoms with Crippen LogP contribution in [-0.2, 0) is 0 Å². The zero-order valence-corrected chi connectivity index (χ0v) is 11.2. The molecule has 2 aromatic heterocycles. The number of nitrogens with one attached hydrogen (secondary N) is 1. The Morgan fingerprint density at radius 3 is 3.15 bits per heavy atom. The molecule has 2 atom stereocenters. The lowest BCUT2D eigenvalue weighted by Crippen LogP contribution is -2.30. The normalized spacial score (nSPS) is 23.1. The second kappa shape index (κ2) is 5.12. The maximum Gasteiger partial charge on any atom is 0.204 e. The number of hydrogen-bond acceptors (Lipinski definition) is 6. The monoisotopic (exact) mass is 272 g/mol. The summed E-state index contributed by atoms with van der Waals surface area (Å²) in [5, 5.41) is 22.4. The first-order valence-corrected chi connectivity index (χ1v) is 6.55. The third-order valence-corrected chi connectivity index (χ3v) is 3.71. The van der Waals surface area contributed by atoms with Crippen LogP contribution < -0.4 is 5.32 Å². The van der Waals surface area contributed by atoms with Crippen molar-refractivity contribution in [3.63, 3.8) is 0 Å². The van der Waals surface area contributed by atoms with Gasteiger partial charge in [0.2, 0.25) is 5.76 Å². The van der Waals surface area contributed by atoms with Gasteiger partial charge in [-0.15, -0.1) is 0 Å². The molecule has 0 spiro atoms. The van der Waals surface area contributed by atoms with Crippen molar-refractivity contribution in [2.75, 3.05) is 32.1 Å². The number of aliphatic hydroxyl groups excluding tert-OH is 1. The molecule has 0 unspecified atom stereocenters. The third-order valence-electron chi connectivity index (χ3n) is 3.71. The van der Waals surface area contributed by atoms with Crippen molar-refractivity contribution >= 4 is 16.8 Å². The van der Waals surface area contributed by atoms with E-state index in [1.807, 2.05) is 19.2 Å². The number of anilines is 1. The van der Waals surface area contributed by atoms with Gasteiger partial charge in [-0.25, -0.2) is 4.98 Å². The number of nitrogens with zero attached hydrogens (tertiary/aromatic N) is 3. The molecule has 3 rings (SSSR count). The lowest BCUT2D eigenvalue weighted by Gasteiger charge is -2.18. The average Bonchev–Trinajstić information content (AvgIpc) is 3.01. The van der Waals surface area contributed by atoms with Crippen LogP contribution in [0.1, 0.15) is 5.76 Å². The van der Waals surface area contributed by atoms with Crippen molar-refractivity contribution in [3.05, 3.63) is 24.1 Å². The van der Waals surface area contributed by atoms with Crippen LogP contribution in [0, 0.1) is 17.2 Å². The third kappa shape index (κ3) is 2.33. The number of likely N-dealkylation sites (N-methyl/N-ethyl adjacent to an activating group) is 1. The number of furan rings is 1. The number of nitriles is 1. The van der Waals surface area contributed by atoms with Crippen LogP contribution >= 0.6 is 0 Å². The van der Waals surface area contributed by atoms with Gasteiger partial charge >= 0.3 is 0 Å². The largest absolute Gasteiger partial charge is 0.444 e. The number of aliphatic hydroxyl groups is 1. The summed E-state index contributed by atoms with van der Waals surface area (Å²) in [6, 6.07) is 5.72. The smallest absolute Gasteiger partial charge is 0.204 e. The SMILES string of the molecule is CN1C[C@H](CO)[C@@H](Nc2cc3cc(C#N)oc3cn2)C1. The van der Waals surface area contributed by atoms with Crippen molar-refractivity contribution in [2.24, 2.45) is 5.92 Å². The first kappa shape index (κ1) is 12.9. The molecular weight excluding hydrogens is 256 g/mol. The van der Waals surface area contributed by atoms with Crippen molar-refractivity contribution < 1.29 is 9.52 Å². The fourth-order valence-electron chi connectivity index (χ4n) is 2.71. The van der Waals surface area contributed by atoms with Crippen molar-refractivity contribution in [2.45, 2.75) is 6.04 Å². The van der Waals surface area contributed by atoms with E-state index in [9.17, 15) is 5.11 Å². The van der Waals surface area contributed by atoms with Crippen LogP contribution in [0.3, 0.4) is 0 Å². The van der Waals surface area contributed by atoms with Crippen LogP contribution in [0.2, 0.25) is 0 Å². The number of rotatable bonds is 3. The quantitative estimate of drug-likeness (QED) is 0.868. The van der Waals surface area contributed by atoms with Gasteiger partial charge < -0.3 is 19.7 Å². The molecule has 1 saturated heterocycles. The number of likely N-dealkylation sites (tertiary alicyclic amines) is 1. The molecule has 0 amide bonds. The van der Waals surface area contributed by atoms with Gasteiger partial charge in [-0.05, 0) is 13.1 Å². The van der Waals surface area contributed by atoms with E-state index in [0.29, 0.717) is 5.58 Å². The summed E-state index contributed by atoms with van der Waals surface area (Å²) in [7, 11) is 2.04. The lowest BCUT2D eigenvalue weighted by atomic mass is 10.1. The van der Waals surface area contributed by atoms with Gasteiger partial charge in [0, 0.05) is 43.1 Å². The molecule has 0 aromatic carbocycles. The molecule has 1 aliphatic heterocycles. The Labute approximate surface area is 116 Å². The van der Waals surface area contributed by atoms with Crippen LogP contribution in [0.5, 0.6) is 0 Å². The first-order valence-electron chi connectivity index (χ1n) is 6.55. The second-order valence-electron chi connectivity index (χ2n) is 5.24. The van der Waals surface area contributed by atoms with E-state index in [-0.39, 0.29) is 24.3 Å². The molecule has 104 valence electrons. The zero-order valence-electron chi connectivity index (χ0n) is 11.2. The molecular formula is C14H16N4O2.